The van der Waals surface area contributed by atoms with Crippen molar-refractivity contribution in [3.8, 4) is 0 Å². The van der Waals surface area contributed by atoms with Crippen LogP contribution in [0.5, 0.6) is 0 Å². The summed E-state index contributed by atoms with van der Waals surface area (Å²) < 4.78 is 12.0. The molecule has 1 atom stereocenters. The van der Waals surface area contributed by atoms with Gasteiger partial charge in [-0.15, -0.1) is 0 Å². The molecule has 0 bridgehead atoms. The van der Waals surface area contributed by atoms with Gasteiger partial charge in [0.25, 0.3) is 0 Å². The smallest absolute Gasteiger partial charge is 0.0532 e. The summed E-state index contributed by atoms with van der Waals surface area (Å²) in [5.74, 6) is 1.56. The third kappa shape index (κ3) is 3.16. The van der Waals surface area contributed by atoms with Gasteiger partial charge in [0.1, 0.15) is 0 Å². The predicted octanol–water partition coefficient (Wildman–Crippen LogP) is 3.37. The van der Waals surface area contributed by atoms with Crippen LogP contribution in [0.1, 0.15) is 32.1 Å². The van der Waals surface area contributed by atoms with E-state index in [-0.39, 0.29) is 0 Å². The molecule has 1 aliphatic rings. The summed E-state index contributed by atoms with van der Waals surface area (Å²) in [6.07, 6.45) is 6.58. The molecule has 1 aromatic rings. The number of hydrogen-bond acceptors (Lipinski definition) is 1. The van der Waals surface area contributed by atoms with Crippen molar-refractivity contribution >= 4 is 10.8 Å². The molecule has 0 spiro atoms. The summed E-state index contributed by atoms with van der Waals surface area (Å²) in [5.41, 5.74) is 0. The van der Waals surface area contributed by atoms with E-state index in [9.17, 15) is 4.21 Å². The van der Waals surface area contributed by atoms with Crippen LogP contribution in [0.25, 0.3) is 0 Å². The van der Waals surface area contributed by atoms with Gasteiger partial charge in [0.2, 0.25) is 0 Å². The number of benzene rings is 1. The molecule has 0 N–H and O–H groups in total. The molecule has 82 valence electrons. The van der Waals surface area contributed by atoms with Crippen molar-refractivity contribution < 1.29 is 4.21 Å². The summed E-state index contributed by atoms with van der Waals surface area (Å²) in [7, 11) is -0.781. The Morgan fingerprint density at radius 1 is 1.07 bits per heavy atom. The van der Waals surface area contributed by atoms with Gasteiger partial charge in [-0.1, -0.05) is 37.5 Å². The van der Waals surface area contributed by atoms with Gasteiger partial charge in [-0.3, -0.25) is 4.21 Å². The Hall–Kier alpha value is -0.630. The molecule has 1 aliphatic carbocycles. The number of hydrogen-bond donors (Lipinski definition) is 0. The maximum absolute atomic E-state index is 12.0. The minimum absolute atomic E-state index is 0.694. The highest BCUT2D eigenvalue weighted by molar-refractivity contribution is 7.85. The van der Waals surface area contributed by atoms with Crippen molar-refractivity contribution in [2.75, 3.05) is 5.75 Å². The van der Waals surface area contributed by atoms with Crippen LogP contribution in [-0.4, -0.2) is 9.96 Å². The first-order valence-electron chi connectivity index (χ1n) is 5.79. The Morgan fingerprint density at radius 2 is 1.73 bits per heavy atom. The van der Waals surface area contributed by atoms with Crippen LogP contribution in [0.4, 0.5) is 0 Å². The van der Waals surface area contributed by atoms with Crippen LogP contribution in [-0.2, 0) is 10.8 Å². The van der Waals surface area contributed by atoms with Gasteiger partial charge in [0.05, 0.1) is 10.8 Å². The SMILES string of the molecule is O=[S@@](CC1CCCCC1)c1ccccc1. The lowest BCUT2D eigenvalue weighted by Gasteiger charge is -2.20. The van der Waals surface area contributed by atoms with Crippen molar-refractivity contribution in [2.45, 2.75) is 37.0 Å². The zero-order valence-electron chi connectivity index (χ0n) is 9.02. The summed E-state index contributed by atoms with van der Waals surface area (Å²) in [5, 5.41) is 0. The Labute approximate surface area is 94.4 Å². The van der Waals surface area contributed by atoms with E-state index in [1.54, 1.807) is 0 Å². The fraction of sp³-hybridized carbons (Fsp3) is 0.538. The summed E-state index contributed by atoms with van der Waals surface area (Å²) in [6.45, 7) is 0. The molecular weight excluding hydrogens is 204 g/mol. The van der Waals surface area contributed by atoms with Crippen LogP contribution < -0.4 is 0 Å². The van der Waals surface area contributed by atoms with Gasteiger partial charge < -0.3 is 0 Å². The van der Waals surface area contributed by atoms with Gasteiger partial charge in [-0.25, -0.2) is 0 Å². The van der Waals surface area contributed by atoms with Gasteiger partial charge in [0, 0.05) is 10.6 Å². The lowest BCUT2D eigenvalue weighted by atomic mass is 9.91. The third-order valence-electron chi connectivity index (χ3n) is 3.12. The molecule has 1 aromatic carbocycles. The second-order valence-electron chi connectivity index (χ2n) is 4.33. The Kier molecular flexibility index (Phi) is 3.95. The molecule has 2 rings (SSSR count). The second kappa shape index (κ2) is 5.45. The molecule has 2 heteroatoms. The maximum atomic E-state index is 12.0. The van der Waals surface area contributed by atoms with Crippen LogP contribution in [0.3, 0.4) is 0 Å². The van der Waals surface area contributed by atoms with Gasteiger partial charge in [0.15, 0.2) is 0 Å². The van der Waals surface area contributed by atoms with Crippen LogP contribution in [0.2, 0.25) is 0 Å². The molecule has 0 aromatic heterocycles. The number of rotatable bonds is 3. The highest BCUT2D eigenvalue weighted by atomic mass is 32.2. The standard InChI is InChI=1S/C13H18OS/c14-15(13-9-5-2-6-10-13)11-12-7-3-1-4-8-12/h2,5-6,9-10,12H,1,3-4,7-8,11H2/t15-/m0/s1. The van der Waals surface area contributed by atoms with Gasteiger partial charge in [-0.2, -0.15) is 0 Å². The van der Waals surface area contributed by atoms with Crippen molar-refractivity contribution in [2.24, 2.45) is 5.92 Å². The van der Waals surface area contributed by atoms with Crippen LogP contribution in [0.15, 0.2) is 35.2 Å². The monoisotopic (exact) mass is 222 g/mol. The fourth-order valence-electron chi connectivity index (χ4n) is 2.24. The molecule has 0 saturated heterocycles. The molecule has 0 unspecified atom stereocenters. The Bertz CT molecular complexity index is 315. The minimum atomic E-state index is -0.781. The van der Waals surface area contributed by atoms with Crippen LogP contribution >= 0.6 is 0 Å². The second-order valence-corrected chi connectivity index (χ2v) is 5.83. The average molecular weight is 222 g/mol. The Balaban J connectivity index is 1.91. The van der Waals surface area contributed by atoms with E-state index in [0.29, 0.717) is 5.92 Å². The molecule has 1 nitrogen and oxygen atoms in total. The maximum Gasteiger partial charge on any atom is 0.0532 e. The zero-order valence-corrected chi connectivity index (χ0v) is 9.84. The summed E-state index contributed by atoms with van der Waals surface area (Å²) in [6, 6.07) is 9.85. The van der Waals surface area contributed by atoms with Crippen molar-refractivity contribution in [3.05, 3.63) is 30.3 Å². The highest BCUT2D eigenvalue weighted by Gasteiger charge is 2.16. The van der Waals surface area contributed by atoms with Gasteiger partial charge in [-0.05, 0) is 30.9 Å². The minimum Gasteiger partial charge on any atom is -0.254 e. The topological polar surface area (TPSA) is 17.1 Å². The molecule has 15 heavy (non-hydrogen) atoms. The molecule has 1 fully saturated rings. The lowest BCUT2D eigenvalue weighted by molar-refractivity contribution is 0.388. The molecule has 0 heterocycles. The molecule has 0 radical (unpaired) electrons. The van der Waals surface area contributed by atoms with E-state index in [0.717, 1.165) is 10.6 Å². The summed E-state index contributed by atoms with van der Waals surface area (Å²) >= 11 is 0. The zero-order chi connectivity index (χ0) is 10.5. The van der Waals surface area contributed by atoms with Crippen molar-refractivity contribution in [1.82, 2.24) is 0 Å². The van der Waals surface area contributed by atoms with E-state index in [2.05, 4.69) is 0 Å². The van der Waals surface area contributed by atoms with E-state index in [4.69, 9.17) is 0 Å². The Morgan fingerprint density at radius 3 is 2.40 bits per heavy atom. The van der Waals surface area contributed by atoms with E-state index < -0.39 is 10.8 Å². The third-order valence-corrected chi connectivity index (χ3v) is 4.69. The fourth-order valence-corrected chi connectivity index (χ4v) is 3.65. The predicted molar refractivity (Wildman–Crippen MR) is 64.3 cm³/mol. The largest absolute Gasteiger partial charge is 0.254 e. The molecule has 0 aliphatic heterocycles. The molecule has 1 saturated carbocycles. The molecule has 0 amide bonds. The van der Waals surface area contributed by atoms with E-state index >= 15 is 0 Å². The summed E-state index contributed by atoms with van der Waals surface area (Å²) in [4.78, 5) is 0.989. The van der Waals surface area contributed by atoms with E-state index in [1.807, 2.05) is 30.3 Å². The van der Waals surface area contributed by atoms with Crippen LogP contribution in [0, 0.1) is 5.92 Å². The normalized spacial score (nSPS) is 20.0. The first kappa shape index (κ1) is 10.9. The first-order valence-corrected chi connectivity index (χ1v) is 7.11. The first-order chi connectivity index (χ1) is 7.36. The van der Waals surface area contributed by atoms with E-state index in [1.165, 1.54) is 32.1 Å². The quantitative estimate of drug-likeness (QED) is 0.766. The van der Waals surface area contributed by atoms with Gasteiger partial charge >= 0.3 is 0 Å². The highest BCUT2D eigenvalue weighted by Crippen LogP contribution is 2.25. The van der Waals surface area contributed by atoms with Crippen molar-refractivity contribution in [1.29, 1.82) is 0 Å². The molecular formula is C13H18OS. The lowest BCUT2D eigenvalue weighted by Crippen LogP contribution is -2.14. The van der Waals surface area contributed by atoms with Crippen molar-refractivity contribution in [3.63, 3.8) is 0 Å². The average Bonchev–Trinajstić information content (AvgIpc) is 2.31.